The van der Waals surface area contributed by atoms with Crippen LogP contribution in [-0.4, -0.2) is 26.6 Å². The molecule has 0 bridgehead atoms. The number of nitrogens with two attached hydrogens (primary N) is 1. The van der Waals surface area contributed by atoms with Gasteiger partial charge < -0.3 is 10.3 Å². The van der Waals surface area contributed by atoms with Crippen LogP contribution in [0, 0.1) is 0 Å². The standard InChI is InChI=1S/C5H12N2O3S/c1-2-4(5(6)8)7-3-11(9)10/h4,7H,2-3H2,1H3,(H2,6,8)(H,9,10). The molecule has 0 aliphatic carbocycles. The zero-order valence-corrected chi connectivity index (χ0v) is 7.06. The summed E-state index contributed by atoms with van der Waals surface area (Å²) in [5.41, 5.74) is 4.95. The van der Waals surface area contributed by atoms with E-state index in [4.69, 9.17) is 10.3 Å². The average molecular weight is 180 g/mol. The minimum Gasteiger partial charge on any atom is -0.368 e. The van der Waals surface area contributed by atoms with Crippen LogP contribution in [0.5, 0.6) is 0 Å². The third-order valence-corrected chi connectivity index (χ3v) is 1.62. The van der Waals surface area contributed by atoms with Crippen molar-refractivity contribution in [3.8, 4) is 0 Å². The Morgan fingerprint density at radius 2 is 2.36 bits per heavy atom. The molecule has 66 valence electrons. The Bertz CT molecular complexity index is 162. The molecule has 2 atom stereocenters. The maximum Gasteiger partial charge on any atom is 0.234 e. The highest BCUT2D eigenvalue weighted by atomic mass is 32.2. The third-order valence-electron chi connectivity index (χ3n) is 1.20. The molecule has 0 aromatic carbocycles. The van der Waals surface area contributed by atoms with Gasteiger partial charge in [0.15, 0.2) is 11.1 Å². The molecule has 0 saturated carbocycles. The van der Waals surface area contributed by atoms with E-state index in [2.05, 4.69) is 5.32 Å². The van der Waals surface area contributed by atoms with Crippen molar-refractivity contribution >= 4 is 17.0 Å². The molecule has 0 fully saturated rings. The highest BCUT2D eigenvalue weighted by molar-refractivity contribution is 7.79. The van der Waals surface area contributed by atoms with Crippen LogP contribution in [0.4, 0.5) is 0 Å². The molecule has 4 N–H and O–H groups in total. The number of carbonyl (C=O) groups is 1. The zero-order chi connectivity index (χ0) is 8.85. The highest BCUT2D eigenvalue weighted by Crippen LogP contribution is 1.88. The van der Waals surface area contributed by atoms with Crippen LogP contribution in [0.15, 0.2) is 0 Å². The molecule has 1 amide bonds. The molecule has 2 unspecified atom stereocenters. The van der Waals surface area contributed by atoms with Gasteiger partial charge in [-0.05, 0) is 6.42 Å². The molecule has 0 heterocycles. The van der Waals surface area contributed by atoms with Crippen molar-refractivity contribution in [1.29, 1.82) is 0 Å². The Labute approximate surface area is 67.6 Å². The molecule has 0 rings (SSSR count). The summed E-state index contributed by atoms with van der Waals surface area (Å²) < 4.78 is 18.5. The lowest BCUT2D eigenvalue weighted by Crippen LogP contribution is -2.41. The highest BCUT2D eigenvalue weighted by Gasteiger charge is 2.11. The maximum atomic E-state index is 10.5. The SMILES string of the molecule is CCC(NCS(=O)O)C(N)=O. The first kappa shape index (κ1) is 10.5. The van der Waals surface area contributed by atoms with Crippen LogP contribution in [-0.2, 0) is 15.9 Å². The van der Waals surface area contributed by atoms with E-state index in [0.29, 0.717) is 6.42 Å². The molecule has 0 aromatic heterocycles. The van der Waals surface area contributed by atoms with Crippen LogP contribution in [0.1, 0.15) is 13.3 Å². The molecule has 0 aliphatic heterocycles. The van der Waals surface area contributed by atoms with Crippen molar-refractivity contribution in [1.82, 2.24) is 5.32 Å². The van der Waals surface area contributed by atoms with Crippen LogP contribution >= 0.6 is 0 Å². The molecule has 0 aromatic rings. The van der Waals surface area contributed by atoms with Crippen LogP contribution in [0.2, 0.25) is 0 Å². The minimum atomic E-state index is -1.92. The first-order chi connectivity index (χ1) is 5.07. The Kier molecular flexibility index (Phi) is 5.01. The van der Waals surface area contributed by atoms with Gasteiger partial charge in [-0.3, -0.25) is 10.1 Å². The second-order valence-corrected chi connectivity index (χ2v) is 2.96. The molecular formula is C5H12N2O3S. The van der Waals surface area contributed by atoms with Crippen molar-refractivity contribution in [3.63, 3.8) is 0 Å². The summed E-state index contributed by atoms with van der Waals surface area (Å²) in [6, 6.07) is -0.508. The quantitative estimate of drug-likeness (QED) is 0.474. The Hall–Kier alpha value is -0.460. The van der Waals surface area contributed by atoms with Gasteiger partial charge in [0.2, 0.25) is 5.91 Å². The molecular weight excluding hydrogens is 168 g/mol. The van der Waals surface area contributed by atoms with E-state index >= 15 is 0 Å². The predicted octanol–water partition coefficient (Wildman–Crippen LogP) is -0.981. The van der Waals surface area contributed by atoms with Crippen molar-refractivity contribution in [2.45, 2.75) is 19.4 Å². The molecule has 5 nitrogen and oxygen atoms in total. The summed E-state index contributed by atoms with van der Waals surface area (Å²) in [4.78, 5) is 10.5. The van der Waals surface area contributed by atoms with E-state index in [0.717, 1.165) is 0 Å². The third kappa shape index (κ3) is 4.88. The van der Waals surface area contributed by atoms with Gasteiger partial charge in [-0.25, -0.2) is 4.21 Å². The summed E-state index contributed by atoms with van der Waals surface area (Å²) >= 11 is -1.92. The van der Waals surface area contributed by atoms with Gasteiger partial charge >= 0.3 is 0 Å². The smallest absolute Gasteiger partial charge is 0.234 e. The second kappa shape index (κ2) is 5.22. The topological polar surface area (TPSA) is 92.4 Å². The van der Waals surface area contributed by atoms with E-state index in [1.807, 2.05) is 0 Å². The van der Waals surface area contributed by atoms with Crippen molar-refractivity contribution in [3.05, 3.63) is 0 Å². The van der Waals surface area contributed by atoms with E-state index in [-0.39, 0.29) is 5.88 Å². The Balaban J connectivity index is 3.70. The lowest BCUT2D eigenvalue weighted by molar-refractivity contribution is -0.119. The maximum absolute atomic E-state index is 10.5. The Morgan fingerprint density at radius 3 is 2.64 bits per heavy atom. The molecule has 0 aliphatic rings. The summed E-state index contributed by atoms with van der Waals surface area (Å²) in [7, 11) is 0. The molecule has 0 radical (unpaired) electrons. The first-order valence-electron chi connectivity index (χ1n) is 3.18. The van der Waals surface area contributed by atoms with Gasteiger partial charge in [0, 0.05) is 0 Å². The lowest BCUT2D eigenvalue weighted by atomic mass is 10.2. The fourth-order valence-electron chi connectivity index (χ4n) is 0.618. The fraction of sp³-hybridized carbons (Fsp3) is 0.800. The summed E-state index contributed by atoms with van der Waals surface area (Å²) in [5, 5.41) is 2.54. The number of amides is 1. The van der Waals surface area contributed by atoms with E-state index in [9.17, 15) is 9.00 Å². The van der Waals surface area contributed by atoms with Gasteiger partial charge in [0.1, 0.15) is 0 Å². The average Bonchev–Trinajstić information content (AvgIpc) is 1.87. The van der Waals surface area contributed by atoms with E-state index in [1.54, 1.807) is 6.92 Å². The normalized spacial score (nSPS) is 15.8. The largest absolute Gasteiger partial charge is 0.368 e. The number of carbonyl (C=O) groups excluding carboxylic acids is 1. The summed E-state index contributed by atoms with van der Waals surface area (Å²) in [6.45, 7) is 1.77. The van der Waals surface area contributed by atoms with Crippen LogP contribution in [0.25, 0.3) is 0 Å². The summed E-state index contributed by atoms with van der Waals surface area (Å²) in [6.07, 6.45) is 0.520. The molecule has 11 heavy (non-hydrogen) atoms. The van der Waals surface area contributed by atoms with Crippen LogP contribution < -0.4 is 11.1 Å². The van der Waals surface area contributed by atoms with E-state index in [1.165, 1.54) is 0 Å². The predicted molar refractivity (Wildman–Crippen MR) is 42.0 cm³/mol. The van der Waals surface area contributed by atoms with Crippen molar-refractivity contribution in [2.24, 2.45) is 5.73 Å². The number of hydrogen-bond acceptors (Lipinski definition) is 3. The number of nitrogens with one attached hydrogen (secondary N) is 1. The number of hydrogen-bond donors (Lipinski definition) is 3. The van der Waals surface area contributed by atoms with Crippen molar-refractivity contribution in [2.75, 3.05) is 5.88 Å². The van der Waals surface area contributed by atoms with Gasteiger partial charge in [-0.2, -0.15) is 0 Å². The van der Waals surface area contributed by atoms with Crippen LogP contribution in [0.3, 0.4) is 0 Å². The lowest BCUT2D eigenvalue weighted by Gasteiger charge is -2.10. The number of primary amides is 1. The van der Waals surface area contributed by atoms with Crippen molar-refractivity contribution < 1.29 is 13.6 Å². The first-order valence-corrected chi connectivity index (χ1v) is 4.45. The fourth-order valence-corrected chi connectivity index (χ4v) is 0.962. The van der Waals surface area contributed by atoms with Gasteiger partial charge in [-0.1, -0.05) is 6.92 Å². The molecule has 0 spiro atoms. The zero-order valence-electron chi connectivity index (χ0n) is 6.24. The number of rotatable bonds is 5. The molecule has 6 heteroatoms. The Morgan fingerprint density at radius 1 is 1.82 bits per heavy atom. The minimum absolute atomic E-state index is 0.124. The second-order valence-electron chi connectivity index (χ2n) is 2.03. The van der Waals surface area contributed by atoms with Gasteiger partial charge in [0.05, 0.1) is 11.9 Å². The monoisotopic (exact) mass is 180 g/mol. The van der Waals surface area contributed by atoms with Gasteiger partial charge in [-0.15, -0.1) is 0 Å². The molecule has 0 saturated heterocycles. The summed E-state index contributed by atoms with van der Waals surface area (Å²) in [5.74, 6) is -0.625. The van der Waals surface area contributed by atoms with Gasteiger partial charge in [0.25, 0.3) is 0 Å². The van der Waals surface area contributed by atoms with E-state index < -0.39 is 23.0 Å².